The summed E-state index contributed by atoms with van der Waals surface area (Å²) in [5, 5.41) is 14.7. The Hall–Kier alpha value is -2.94. The first-order valence-corrected chi connectivity index (χ1v) is 6.79. The molecule has 1 aromatic heterocycles. The van der Waals surface area contributed by atoms with Crippen molar-refractivity contribution in [2.45, 2.75) is 26.3 Å². The van der Waals surface area contributed by atoms with Crippen molar-refractivity contribution in [2.75, 3.05) is 10.6 Å². The molecule has 0 saturated carbocycles. The summed E-state index contributed by atoms with van der Waals surface area (Å²) in [5.74, 6) is 0.261. The van der Waals surface area contributed by atoms with Gasteiger partial charge in [0.15, 0.2) is 0 Å². The number of amides is 1. The van der Waals surface area contributed by atoms with Gasteiger partial charge in [-0.05, 0) is 45.0 Å². The van der Waals surface area contributed by atoms with Crippen molar-refractivity contribution in [3.05, 3.63) is 47.9 Å². The van der Waals surface area contributed by atoms with Gasteiger partial charge in [-0.1, -0.05) is 0 Å². The zero-order valence-corrected chi connectivity index (χ0v) is 12.7. The minimum atomic E-state index is -0.330. The minimum Gasteiger partial charge on any atom is -0.365 e. The summed E-state index contributed by atoms with van der Waals surface area (Å²) >= 11 is 0. The Balaban J connectivity index is 2.12. The summed E-state index contributed by atoms with van der Waals surface area (Å²) in [4.78, 5) is 20.3. The van der Waals surface area contributed by atoms with E-state index < -0.39 is 0 Å². The molecule has 22 heavy (non-hydrogen) atoms. The van der Waals surface area contributed by atoms with E-state index in [1.165, 1.54) is 6.33 Å². The van der Waals surface area contributed by atoms with Crippen LogP contribution in [0.1, 0.15) is 36.8 Å². The molecule has 0 unspecified atom stereocenters. The van der Waals surface area contributed by atoms with Crippen LogP contribution in [0.15, 0.2) is 36.7 Å². The van der Waals surface area contributed by atoms with Crippen molar-refractivity contribution in [2.24, 2.45) is 0 Å². The normalized spacial score (nSPS) is 10.6. The number of nitriles is 1. The van der Waals surface area contributed by atoms with Gasteiger partial charge >= 0.3 is 0 Å². The van der Waals surface area contributed by atoms with Crippen LogP contribution in [0.25, 0.3) is 0 Å². The lowest BCUT2D eigenvalue weighted by molar-refractivity contribution is 0.102. The molecule has 1 amide bonds. The van der Waals surface area contributed by atoms with Gasteiger partial charge in [-0.2, -0.15) is 5.26 Å². The molecule has 2 N–H and O–H groups in total. The molecular weight excluding hydrogens is 278 g/mol. The Bertz CT molecular complexity index is 711. The van der Waals surface area contributed by atoms with Crippen molar-refractivity contribution in [3.63, 3.8) is 0 Å². The predicted molar refractivity (Wildman–Crippen MR) is 84.5 cm³/mol. The van der Waals surface area contributed by atoms with Crippen molar-refractivity contribution in [3.8, 4) is 6.07 Å². The summed E-state index contributed by atoms with van der Waals surface area (Å²) in [6.45, 7) is 6.02. The van der Waals surface area contributed by atoms with E-state index in [4.69, 9.17) is 5.26 Å². The number of nitrogens with one attached hydrogen (secondary N) is 2. The molecule has 0 fully saturated rings. The minimum absolute atomic E-state index is 0.158. The highest BCUT2D eigenvalue weighted by Gasteiger charge is 2.13. The highest BCUT2D eigenvalue weighted by atomic mass is 16.1. The number of rotatable bonds is 3. The maximum absolute atomic E-state index is 12.2. The smallest absolute Gasteiger partial charge is 0.274 e. The molecule has 0 aliphatic rings. The van der Waals surface area contributed by atoms with Gasteiger partial charge in [0, 0.05) is 17.3 Å². The first kappa shape index (κ1) is 15.4. The fourth-order valence-corrected chi connectivity index (χ4v) is 1.76. The van der Waals surface area contributed by atoms with Crippen LogP contribution in [0.3, 0.4) is 0 Å². The number of benzene rings is 1. The highest BCUT2D eigenvalue weighted by molar-refractivity contribution is 6.03. The van der Waals surface area contributed by atoms with Crippen LogP contribution in [0.4, 0.5) is 11.5 Å². The molecule has 1 aromatic carbocycles. The van der Waals surface area contributed by atoms with E-state index in [2.05, 4.69) is 20.6 Å². The lowest BCUT2D eigenvalue weighted by Gasteiger charge is -2.21. The molecule has 1 heterocycles. The molecule has 0 spiro atoms. The number of aromatic nitrogens is 2. The Labute approximate surface area is 129 Å². The van der Waals surface area contributed by atoms with Crippen LogP contribution < -0.4 is 10.6 Å². The Morgan fingerprint density at radius 3 is 2.45 bits per heavy atom. The zero-order valence-electron chi connectivity index (χ0n) is 12.7. The number of carbonyl (C=O) groups excluding carboxylic acids is 1. The molecule has 6 heteroatoms. The van der Waals surface area contributed by atoms with E-state index in [1.54, 1.807) is 30.3 Å². The summed E-state index contributed by atoms with van der Waals surface area (Å²) in [5.41, 5.74) is 1.26. The van der Waals surface area contributed by atoms with Gasteiger partial charge in [0.25, 0.3) is 5.91 Å². The third-order valence-electron chi connectivity index (χ3n) is 2.67. The van der Waals surface area contributed by atoms with Gasteiger partial charge in [-0.15, -0.1) is 0 Å². The molecule has 2 aromatic rings. The summed E-state index contributed by atoms with van der Waals surface area (Å²) in [6.07, 6.45) is 1.35. The van der Waals surface area contributed by atoms with E-state index in [0.29, 0.717) is 17.1 Å². The summed E-state index contributed by atoms with van der Waals surface area (Å²) in [7, 11) is 0. The van der Waals surface area contributed by atoms with Crippen molar-refractivity contribution in [1.82, 2.24) is 9.97 Å². The van der Waals surface area contributed by atoms with E-state index in [-0.39, 0.29) is 17.1 Å². The second-order valence-electron chi connectivity index (χ2n) is 5.81. The molecule has 0 saturated heterocycles. The average Bonchev–Trinajstić information content (AvgIpc) is 2.46. The maximum Gasteiger partial charge on any atom is 0.274 e. The number of anilines is 2. The first-order chi connectivity index (χ1) is 10.4. The van der Waals surface area contributed by atoms with Crippen LogP contribution in [-0.4, -0.2) is 21.4 Å². The van der Waals surface area contributed by atoms with Crippen LogP contribution in [0.5, 0.6) is 0 Å². The zero-order chi connectivity index (χ0) is 16.2. The molecule has 0 atom stereocenters. The fourth-order valence-electron chi connectivity index (χ4n) is 1.76. The molecule has 2 rings (SSSR count). The van der Waals surface area contributed by atoms with Gasteiger partial charge in [0.2, 0.25) is 0 Å². The molecule has 6 nitrogen and oxygen atoms in total. The molecule has 0 bridgehead atoms. The maximum atomic E-state index is 12.2. The van der Waals surface area contributed by atoms with Gasteiger partial charge in [0.05, 0.1) is 11.6 Å². The average molecular weight is 295 g/mol. The third kappa shape index (κ3) is 4.28. The number of hydrogen-bond acceptors (Lipinski definition) is 5. The predicted octanol–water partition coefficient (Wildman–Crippen LogP) is 2.81. The van der Waals surface area contributed by atoms with Crippen LogP contribution in [0.2, 0.25) is 0 Å². The molecule has 112 valence electrons. The first-order valence-electron chi connectivity index (χ1n) is 6.79. The van der Waals surface area contributed by atoms with Gasteiger partial charge < -0.3 is 10.6 Å². The highest BCUT2D eigenvalue weighted by Crippen LogP contribution is 2.14. The van der Waals surface area contributed by atoms with Gasteiger partial charge in [0.1, 0.15) is 17.8 Å². The molecule has 0 aliphatic heterocycles. The SMILES string of the molecule is CC(C)(C)Nc1cc(C(=O)Nc2ccc(C#N)cc2)ncn1. The van der Waals surface area contributed by atoms with E-state index in [1.807, 2.05) is 26.8 Å². The van der Waals surface area contributed by atoms with Gasteiger partial charge in [-0.3, -0.25) is 4.79 Å². The largest absolute Gasteiger partial charge is 0.365 e. The van der Waals surface area contributed by atoms with Crippen molar-refractivity contribution >= 4 is 17.4 Å². The second-order valence-corrected chi connectivity index (χ2v) is 5.81. The lowest BCUT2D eigenvalue weighted by Crippen LogP contribution is -2.27. The molecule has 0 aliphatic carbocycles. The quantitative estimate of drug-likeness (QED) is 0.908. The second kappa shape index (κ2) is 6.22. The third-order valence-corrected chi connectivity index (χ3v) is 2.67. The summed E-state index contributed by atoms with van der Waals surface area (Å²) in [6, 6.07) is 10.3. The van der Waals surface area contributed by atoms with Crippen LogP contribution in [0, 0.1) is 11.3 Å². The number of carbonyl (C=O) groups is 1. The van der Waals surface area contributed by atoms with Crippen LogP contribution >= 0.6 is 0 Å². The fraction of sp³-hybridized carbons (Fsp3) is 0.250. The van der Waals surface area contributed by atoms with E-state index in [0.717, 1.165) is 0 Å². The van der Waals surface area contributed by atoms with Crippen molar-refractivity contribution in [1.29, 1.82) is 5.26 Å². The van der Waals surface area contributed by atoms with Crippen molar-refractivity contribution < 1.29 is 4.79 Å². The standard InChI is InChI=1S/C16H17N5O/c1-16(2,3)21-14-8-13(18-10-19-14)15(22)20-12-6-4-11(9-17)5-7-12/h4-8,10H,1-3H3,(H,20,22)(H,18,19,21). The number of nitrogens with zero attached hydrogens (tertiary/aromatic N) is 3. The summed E-state index contributed by atoms with van der Waals surface area (Å²) < 4.78 is 0. The Morgan fingerprint density at radius 1 is 1.18 bits per heavy atom. The number of hydrogen-bond donors (Lipinski definition) is 2. The van der Waals surface area contributed by atoms with Crippen LogP contribution in [-0.2, 0) is 0 Å². The Morgan fingerprint density at radius 2 is 1.86 bits per heavy atom. The topological polar surface area (TPSA) is 90.7 Å². The van der Waals surface area contributed by atoms with E-state index in [9.17, 15) is 4.79 Å². The van der Waals surface area contributed by atoms with E-state index >= 15 is 0 Å². The lowest BCUT2D eigenvalue weighted by atomic mass is 10.1. The monoisotopic (exact) mass is 295 g/mol. The molecular formula is C16H17N5O. The molecule has 0 radical (unpaired) electrons. The van der Waals surface area contributed by atoms with Gasteiger partial charge in [-0.25, -0.2) is 9.97 Å². The Kier molecular flexibility index (Phi) is 4.37.